The summed E-state index contributed by atoms with van der Waals surface area (Å²) in [6.45, 7) is 0. The lowest BCUT2D eigenvalue weighted by atomic mass is 10.1. The summed E-state index contributed by atoms with van der Waals surface area (Å²) in [7, 11) is 0. The van der Waals surface area contributed by atoms with Gasteiger partial charge >= 0.3 is 0 Å². The maximum atomic E-state index is 12.2. The highest BCUT2D eigenvalue weighted by Crippen LogP contribution is 2.13. The SMILES string of the molecule is O=C(c1ccccc1)C(C=NO)N=Nc1ccccc1. The Hall–Kier alpha value is -2.82. The Kier molecular flexibility index (Phi) is 4.72. The zero-order valence-corrected chi connectivity index (χ0v) is 10.6. The molecule has 2 rings (SSSR count). The van der Waals surface area contributed by atoms with Crippen LogP contribution in [-0.4, -0.2) is 23.2 Å². The maximum Gasteiger partial charge on any atom is 0.194 e. The molecular formula is C15H13N3O2. The summed E-state index contributed by atoms with van der Waals surface area (Å²) in [5.41, 5.74) is 1.12. The van der Waals surface area contributed by atoms with E-state index in [1.54, 1.807) is 36.4 Å². The van der Waals surface area contributed by atoms with Crippen molar-refractivity contribution >= 4 is 17.7 Å². The van der Waals surface area contributed by atoms with Gasteiger partial charge in [-0.3, -0.25) is 4.79 Å². The first-order chi connectivity index (χ1) is 9.81. The Balaban J connectivity index is 2.20. The van der Waals surface area contributed by atoms with E-state index in [0.717, 1.165) is 6.21 Å². The Morgan fingerprint density at radius 2 is 1.60 bits per heavy atom. The van der Waals surface area contributed by atoms with Crippen molar-refractivity contribution in [2.45, 2.75) is 6.04 Å². The van der Waals surface area contributed by atoms with E-state index >= 15 is 0 Å². The van der Waals surface area contributed by atoms with Gasteiger partial charge in [-0.1, -0.05) is 53.7 Å². The lowest BCUT2D eigenvalue weighted by molar-refractivity contribution is 0.0983. The summed E-state index contributed by atoms with van der Waals surface area (Å²) in [6.07, 6.45) is 1.06. The second kappa shape index (κ2) is 6.94. The number of nitrogens with zero attached hydrogens (tertiary/aromatic N) is 3. The molecule has 5 heteroatoms. The van der Waals surface area contributed by atoms with Gasteiger partial charge in [0, 0.05) is 5.56 Å². The van der Waals surface area contributed by atoms with Crippen LogP contribution in [0.4, 0.5) is 5.69 Å². The van der Waals surface area contributed by atoms with Crippen LogP contribution < -0.4 is 0 Å². The van der Waals surface area contributed by atoms with Crippen molar-refractivity contribution in [2.24, 2.45) is 15.4 Å². The van der Waals surface area contributed by atoms with E-state index in [4.69, 9.17) is 5.21 Å². The van der Waals surface area contributed by atoms with Gasteiger partial charge in [0.2, 0.25) is 0 Å². The number of carbonyl (C=O) groups excluding carboxylic acids is 1. The first-order valence-corrected chi connectivity index (χ1v) is 6.04. The number of ketones is 1. The van der Waals surface area contributed by atoms with Crippen LogP contribution in [0.1, 0.15) is 10.4 Å². The predicted octanol–water partition coefficient (Wildman–Crippen LogP) is 3.48. The minimum atomic E-state index is -0.942. The normalized spacial score (nSPS) is 12.8. The molecule has 100 valence electrons. The van der Waals surface area contributed by atoms with Crippen molar-refractivity contribution in [2.75, 3.05) is 0 Å². The van der Waals surface area contributed by atoms with E-state index in [2.05, 4.69) is 15.4 Å². The van der Waals surface area contributed by atoms with E-state index in [1.807, 2.05) is 24.3 Å². The van der Waals surface area contributed by atoms with E-state index in [-0.39, 0.29) is 5.78 Å². The molecular weight excluding hydrogens is 254 g/mol. The van der Waals surface area contributed by atoms with Gasteiger partial charge in [0.15, 0.2) is 11.8 Å². The van der Waals surface area contributed by atoms with Crippen LogP contribution in [-0.2, 0) is 0 Å². The zero-order chi connectivity index (χ0) is 14.2. The van der Waals surface area contributed by atoms with E-state index in [9.17, 15) is 4.79 Å². The summed E-state index contributed by atoms with van der Waals surface area (Å²) in [4.78, 5) is 12.2. The van der Waals surface area contributed by atoms with Gasteiger partial charge in [-0.2, -0.15) is 10.2 Å². The minimum Gasteiger partial charge on any atom is -0.411 e. The number of azo groups is 1. The fourth-order valence-corrected chi connectivity index (χ4v) is 1.61. The number of carbonyl (C=O) groups is 1. The smallest absolute Gasteiger partial charge is 0.194 e. The number of Topliss-reactive ketones (excluding diaryl/α,β-unsaturated/α-hetero) is 1. The van der Waals surface area contributed by atoms with E-state index in [0.29, 0.717) is 11.3 Å². The lowest BCUT2D eigenvalue weighted by Gasteiger charge is -2.04. The third-order valence-electron chi connectivity index (χ3n) is 2.59. The van der Waals surface area contributed by atoms with Crippen LogP contribution in [0.25, 0.3) is 0 Å². The lowest BCUT2D eigenvalue weighted by Crippen LogP contribution is -2.19. The van der Waals surface area contributed by atoms with Crippen LogP contribution in [0.15, 0.2) is 76.0 Å². The van der Waals surface area contributed by atoms with Gasteiger partial charge < -0.3 is 5.21 Å². The van der Waals surface area contributed by atoms with Gasteiger partial charge in [0.1, 0.15) is 0 Å². The molecule has 1 N–H and O–H groups in total. The topological polar surface area (TPSA) is 74.4 Å². The molecule has 0 saturated heterocycles. The highest BCUT2D eigenvalue weighted by atomic mass is 16.4. The Bertz CT molecular complexity index is 610. The number of hydrogen-bond acceptors (Lipinski definition) is 5. The Morgan fingerprint density at radius 1 is 1.00 bits per heavy atom. The van der Waals surface area contributed by atoms with Crippen LogP contribution in [0.3, 0.4) is 0 Å². The van der Waals surface area contributed by atoms with Crippen molar-refractivity contribution in [3.05, 3.63) is 66.2 Å². The van der Waals surface area contributed by atoms with Crippen LogP contribution >= 0.6 is 0 Å². The highest BCUT2D eigenvalue weighted by molar-refractivity contribution is 6.09. The van der Waals surface area contributed by atoms with Crippen molar-refractivity contribution in [3.63, 3.8) is 0 Å². The summed E-state index contributed by atoms with van der Waals surface area (Å²) in [5.74, 6) is -0.275. The van der Waals surface area contributed by atoms with Gasteiger partial charge in [-0.25, -0.2) is 0 Å². The molecule has 0 amide bonds. The van der Waals surface area contributed by atoms with Crippen molar-refractivity contribution < 1.29 is 10.0 Å². The molecule has 1 unspecified atom stereocenters. The molecule has 0 heterocycles. The second-order valence-electron chi connectivity index (χ2n) is 3.99. The van der Waals surface area contributed by atoms with Crippen molar-refractivity contribution in [1.29, 1.82) is 0 Å². The average molecular weight is 267 g/mol. The molecule has 0 aliphatic rings. The standard InChI is InChI=1S/C15H13N3O2/c19-15(12-7-3-1-4-8-12)14(11-16-20)18-17-13-9-5-2-6-10-13/h1-11,14,20H. The Morgan fingerprint density at radius 3 is 2.20 bits per heavy atom. The Labute approximate surface area is 116 Å². The van der Waals surface area contributed by atoms with Crippen LogP contribution in [0.2, 0.25) is 0 Å². The van der Waals surface area contributed by atoms with Crippen molar-refractivity contribution in [1.82, 2.24) is 0 Å². The first kappa shape index (κ1) is 13.6. The molecule has 0 fully saturated rings. The molecule has 20 heavy (non-hydrogen) atoms. The largest absolute Gasteiger partial charge is 0.411 e. The molecule has 0 saturated carbocycles. The maximum absolute atomic E-state index is 12.2. The molecule has 0 aromatic heterocycles. The number of oxime groups is 1. The monoisotopic (exact) mass is 267 g/mol. The second-order valence-corrected chi connectivity index (χ2v) is 3.99. The summed E-state index contributed by atoms with van der Waals surface area (Å²) in [5, 5.41) is 19.4. The number of benzene rings is 2. The molecule has 0 bridgehead atoms. The van der Waals surface area contributed by atoms with Gasteiger partial charge in [-0.15, -0.1) is 0 Å². The fourth-order valence-electron chi connectivity index (χ4n) is 1.61. The van der Waals surface area contributed by atoms with Crippen molar-refractivity contribution in [3.8, 4) is 0 Å². The number of hydrogen-bond donors (Lipinski definition) is 1. The first-order valence-electron chi connectivity index (χ1n) is 6.04. The highest BCUT2D eigenvalue weighted by Gasteiger charge is 2.17. The van der Waals surface area contributed by atoms with Crippen LogP contribution in [0, 0.1) is 0 Å². The van der Waals surface area contributed by atoms with E-state index in [1.165, 1.54) is 0 Å². The predicted molar refractivity (Wildman–Crippen MR) is 75.8 cm³/mol. The minimum absolute atomic E-state index is 0.275. The molecule has 0 radical (unpaired) electrons. The van der Waals surface area contributed by atoms with Gasteiger partial charge in [-0.05, 0) is 12.1 Å². The molecule has 0 spiro atoms. The fraction of sp³-hybridized carbons (Fsp3) is 0.0667. The zero-order valence-electron chi connectivity index (χ0n) is 10.6. The quantitative estimate of drug-likeness (QED) is 0.296. The molecule has 0 aliphatic heterocycles. The molecule has 2 aromatic rings. The third kappa shape index (κ3) is 3.58. The third-order valence-corrected chi connectivity index (χ3v) is 2.59. The molecule has 5 nitrogen and oxygen atoms in total. The van der Waals surface area contributed by atoms with Crippen LogP contribution in [0.5, 0.6) is 0 Å². The summed E-state index contributed by atoms with van der Waals surface area (Å²) >= 11 is 0. The summed E-state index contributed by atoms with van der Waals surface area (Å²) in [6, 6.07) is 16.8. The van der Waals surface area contributed by atoms with Gasteiger partial charge in [0.25, 0.3) is 0 Å². The molecule has 0 aliphatic carbocycles. The summed E-state index contributed by atoms with van der Waals surface area (Å²) < 4.78 is 0. The average Bonchev–Trinajstić information content (AvgIpc) is 2.52. The molecule has 2 aromatic carbocycles. The molecule has 1 atom stereocenters. The number of rotatable bonds is 5. The van der Waals surface area contributed by atoms with E-state index < -0.39 is 6.04 Å². The van der Waals surface area contributed by atoms with Gasteiger partial charge in [0.05, 0.1) is 11.9 Å².